The summed E-state index contributed by atoms with van der Waals surface area (Å²) < 4.78 is 8.83. The number of fused-ring (bicyclic) bond motifs is 1. The Balaban J connectivity index is 1.99. The van der Waals surface area contributed by atoms with E-state index < -0.39 is 11.9 Å². The Hall–Kier alpha value is -3.93. The van der Waals surface area contributed by atoms with E-state index in [0.29, 0.717) is 54.2 Å². The van der Waals surface area contributed by atoms with E-state index >= 15 is 0 Å². The van der Waals surface area contributed by atoms with E-state index in [4.69, 9.17) is 15.6 Å². The van der Waals surface area contributed by atoms with Gasteiger partial charge in [-0.2, -0.15) is 5.10 Å². The monoisotopic (exact) mass is 457 g/mol. The molecule has 5 N–H and O–H groups in total. The highest BCUT2D eigenvalue weighted by molar-refractivity contribution is 6.04. The normalized spacial score (nSPS) is 11.0. The van der Waals surface area contributed by atoms with Gasteiger partial charge in [-0.1, -0.05) is 0 Å². The number of carbonyl (C=O) groups excluding carboxylic acids is 2. The zero-order chi connectivity index (χ0) is 24.1. The Kier molecular flexibility index (Phi) is 7.28. The number of nitrogens with zero attached hydrogens (tertiary/aromatic N) is 4. The number of hydrogen-bond acceptors (Lipinski definition) is 7. The predicted molar refractivity (Wildman–Crippen MR) is 121 cm³/mol. The third-order valence-electron chi connectivity index (χ3n) is 4.98. The predicted octanol–water partition coefficient (Wildman–Crippen LogP) is 0.985. The molecule has 0 radical (unpaired) electrons. The first kappa shape index (κ1) is 23.7. The number of primary amides is 1. The fourth-order valence-corrected chi connectivity index (χ4v) is 3.53. The first-order valence-electron chi connectivity index (χ1n) is 10.4. The van der Waals surface area contributed by atoms with Crippen LogP contribution in [0.1, 0.15) is 39.9 Å². The lowest BCUT2D eigenvalue weighted by Crippen LogP contribution is -2.24. The van der Waals surface area contributed by atoms with Crippen LogP contribution in [0.15, 0.2) is 18.2 Å². The van der Waals surface area contributed by atoms with Crippen molar-refractivity contribution in [1.29, 1.82) is 0 Å². The molecule has 0 bridgehead atoms. The first-order chi connectivity index (χ1) is 15.7. The smallest absolute Gasteiger partial charge is 0.317 e. The summed E-state index contributed by atoms with van der Waals surface area (Å²) in [4.78, 5) is 40.0. The van der Waals surface area contributed by atoms with Crippen molar-refractivity contribution in [1.82, 2.24) is 24.6 Å². The number of nitrogens with two attached hydrogens (primary N) is 1. The van der Waals surface area contributed by atoms with Crippen LogP contribution < -0.4 is 21.1 Å². The van der Waals surface area contributed by atoms with Gasteiger partial charge in [0.05, 0.1) is 24.9 Å². The molecule has 2 aromatic heterocycles. The summed E-state index contributed by atoms with van der Waals surface area (Å²) in [6.07, 6.45) is 0.550. The summed E-state index contributed by atoms with van der Waals surface area (Å²) in [6, 6.07) is 4.75. The minimum atomic E-state index is -0.945. The second-order valence-electron chi connectivity index (χ2n) is 7.36. The Morgan fingerprint density at radius 3 is 2.64 bits per heavy atom. The number of nitrogens with one attached hydrogen (secondary N) is 2. The van der Waals surface area contributed by atoms with E-state index in [1.165, 1.54) is 19.2 Å². The van der Waals surface area contributed by atoms with Crippen molar-refractivity contribution in [3.63, 3.8) is 0 Å². The minimum absolute atomic E-state index is 0.153. The van der Waals surface area contributed by atoms with Gasteiger partial charge in [0.25, 0.3) is 5.91 Å². The number of methoxy groups -OCH3 is 1. The third kappa shape index (κ3) is 5.29. The van der Waals surface area contributed by atoms with Gasteiger partial charge in [-0.3, -0.25) is 24.4 Å². The largest absolute Gasteiger partial charge is 0.494 e. The standard InChI is InChI=1S/C21H27N7O5/c1-4-28-15(8-12(2)26-28)20(32)25-21-24-14-9-13(19(22)31)10-16(33-3)18(14)27(21)7-5-6-23-11-17(29)30/h8-10,23H,4-7,11H2,1-3H3,(H2,22,31)(H,29,30)(H,24,25,32). The van der Waals surface area contributed by atoms with Crippen LogP contribution in [0.4, 0.5) is 5.95 Å². The van der Waals surface area contributed by atoms with Crippen LogP contribution in [0, 0.1) is 6.92 Å². The van der Waals surface area contributed by atoms with Crippen molar-refractivity contribution in [2.24, 2.45) is 5.73 Å². The van der Waals surface area contributed by atoms with Crippen LogP contribution in [-0.2, 0) is 17.9 Å². The van der Waals surface area contributed by atoms with Gasteiger partial charge in [-0.25, -0.2) is 4.98 Å². The lowest BCUT2D eigenvalue weighted by atomic mass is 10.1. The van der Waals surface area contributed by atoms with Crippen molar-refractivity contribution in [2.45, 2.75) is 33.4 Å². The number of carboxylic acids is 1. The maximum atomic E-state index is 13.0. The summed E-state index contributed by atoms with van der Waals surface area (Å²) in [5.41, 5.74) is 7.78. The Morgan fingerprint density at radius 2 is 2.00 bits per heavy atom. The summed E-state index contributed by atoms with van der Waals surface area (Å²) in [5.74, 6) is -1.32. The second kappa shape index (κ2) is 10.1. The molecule has 0 unspecified atom stereocenters. The van der Waals surface area contributed by atoms with Gasteiger partial charge < -0.3 is 25.5 Å². The van der Waals surface area contributed by atoms with Crippen LogP contribution in [0.3, 0.4) is 0 Å². The average Bonchev–Trinajstić information content (AvgIpc) is 3.32. The van der Waals surface area contributed by atoms with Gasteiger partial charge in [-0.05, 0) is 45.0 Å². The van der Waals surface area contributed by atoms with Crippen molar-refractivity contribution < 1.29 is 24.2 Å². The number of ether oxygens (including phenoxy) is 1. The topological polar surface area (TPSA) is 166 Å². The number of rotatable bonds is 11. The molecule has 0 aliphatic rings. The number of carboxylic acid groups (broad SMARTS) is 1. The number of amides is 2. The molecule has 0 atom stereocenters. The molecule has 3 rings (SSSR count). The SMILES string of the molecule is CCn1nc(C)cc1C(=O)Nc1nc2cc(C(N)=O)cc(OC)c2n1CCCNCC(=O)O. The van der Waals surface area contributed by atoms with Crippen molar-refractivity contribution in [3.8, 4) is 5.75 Å². The molecule has 33 heavy (non-hydrogen) atoms. The molecular formula is C21H27N7O5. The van der Waals surface area contributed by atoms with Crippen molar-refractivity contribution in [3.05, 3.63) is 35.2 Å². The van der Waals surface area contributed by atoms with Gasteiger partial charge >= 0.3 is 5.97 Å². The summed E-state index contributed by atoms with van der Waals surface area (Å²) in [5, 5.41) is 18.7. The van der Waals surface area contributed by atoms with Gasteiger partial charge in [0.15, 0.2) is 0 Å². The van der Waals surface area contributed by atoms with Crippen LogP contribution in [0.2, 0.25) is 0 Å². The molecule has 0 aliphatic heterocycles. The van der Waals surface area contributed by atoms with Gasteiger partial charge in [0.2, 0.25) is 11.9 Å². The van der Waals surface area contributed by atoms with E-state index in [-0.39, 0.29) is 24.0 Å². The van der Waals surface area contributed by atoms with Crippen LogP contribution in [0.25, 0.3) is 11.0 Å². The molecule has 176 valence electrons. The fraction of sp³-hybridized carbons (Fsp3) is 0.381. The Morgan fingerprint density at radius 1 is 1.24 bits per heavy atom. The van der Waals surface area contributed by atoms with E-state index in [0.717, 1.165) is 0 Å². The molecule has 0 aliphatic carbocycles. The quantitative estimate of drug-likeness (QED) is 0.309. The maximum absolute atomic E-state index is 13.0. The molecule has 0 saturated heterocycles. The maximum Gasteiger partial charge on any atom is 0.317 e. The summed E-state index contributed by atoms with van der Waals surface area (Å²) in [7, 11) is 1.46. The molecule has 1 aromatic carbocycles. The molecule has 12 heteroatoms. The highest BCUT2D eigenvalue weighted by Crippen LogP contribution is 2.31. The molecule has 0 saturated carbocycles. The van der Waals surface area contributed by atoms with E-state index in [2.05, 4.69) is 20.7 Å². The molecule has 2 amide bonds. The zero-order valence-corrected chi connectivity index (χ0v) is 18.7. The molecule has 2 heterocycles. The second-order valence-corrected chi connectivity index (χ2v) is 7.36. The highest BCUT2D eigenvalue weighted by Gasteiger charge is 2.21. The van der Waals surface area contributed by atoms with Gasteiger partial charge in [-0.15, -0.1) is 0 Å². The molecule has 0 fully saturated rings. The number of imidazole rings is 1. The minimum Gasteiger partial charge on any atom is -0.494 e. The number of anilines is 1. The Labute approximate surface area is 189 Å². The molecule has 12 nitrogen and oxygen atoms in total. The number of benzene rings is 1. The zero-order valence-electron chi connectivity index (χ0n) is 18.7. The van der Waals surface area contributed by atoms with E-state index in [1.807, 2.05) is 6.92 Å². The van der Waals surface area contributed by atoms with Crippen molar-refractivity contribution >= 4 is 34.8 Å². The summed E-state index contributed by atoms with van der Waals surface area (Å²) in [6.45, 7) is 4.90. The average molecular weight is 457 g/mol. The van der Waals surface area contributed by atoms with Crippen LogP contribution in [-0.4, -0.2) is 62.4 Å². The number of aromatic nitrogens is 4. The molecular weight excluding hydrogens is 430 g/mol. The van der Waals surface area contributed by atoms with Crippen molar-refractivity contribution in [2.75, 3.05) is 25.5 Å². The van der Waals surface area contributed by atoms with Crippen LogP contribution in [0.5, 0.6) is 5.75 Å². The molecule has 3 aromatic rings. The van der Waals surface area contributed by atoms with Crippen LogP contribution >= 0.6 is 0 Å². The number of aryl methyl sites for hydroxylation is 3. The summed E-state index contributed by atoms with van der Waals surface area (Å²) >= 11 is 0. The number of aliphatic carboxylic acids is 1. The molecule has 0 spiro atoms. The lowest BCUT2D eigenvalue weighted by Gasteiger charge is -2.13. The highest BCUT2D eigenvalue weighted by atomic mass is 16.5. The lowest BCUT2D eigenvalue weighted by molar-refractivity contribution is -0.135. The number of carbonyl (C=O) groups is 3. The van der Waals surface area contributed by atoms with Gasteiger partial charge in [0, 0.05) is 18.7 Å². The van der Waals surface area contributed by atoms with E-state index in [1.54, 1.807) is 22.2 Å². The van der Waals surface area contributed by atoms with E-state index in [9.17, 15) is 14.4 Å². The van der Waals surface area contributed by atoms with Gasteiger partial charge in [0.1, 0.15) is 17.0 Å². The first-order valence-corrected chi connectivity index (χ1v) is 10.4. The fourth-order valence-electron chi connectivity index (χ4n) is 3.53. The Bertz CT molecular complexity index is 1200. The number of hydrogen-bond donors (Lipinski definition) is 4. The third-order valence-corrected chi connectivity index (χ3v) is 4.98.